The molecule has 1 rings (SSSR count). The van der Waals surface area contributed by atoms with Crippen LogP contribution in [-0.4, -0.2) is 24.8 Å². The molecule has 1 aliphatic carbocycles. The first-order valence-corrected chi connectivity index (χ1v) is 8.55. The zero-order valence-corrected chi connectivity index (χ0v) is 13.6. The summed E-state index contributed by atoms with van der Waals surface area (Å²) in [5, 5.41) is 3.80. The molecule has 114 valence electrons. The van der Waals surface area contributed by atoms with E-state index >= 15 is 0 Å². The molecule has 0 spiro atoms. The van der Waals surface area contributed by atoms with E-state index in [-0.39, 0.29) is 5.60 Å². The van der Waals surface area contributed by atoms with E-state index in [2.05, 4.69) is 33.0 Å². The fourth-order valence-corrected chi connectivity index (χ4v) is 3.66. The lowest BCUT2D eigenvalue weighted by Gasteiger charge is -2.46. The van der Waals surface area contributed by atoms with Crippen LogP contribution in [0.1, 0.15) is 79.1 Å². The van der Waals surface area contributed by atoms with Crippen LogP contribution in [0, 0.1) is 5.92 Å². The van der Waals surface area contributed by atoms with Crippen LogP contribution in [0.3, 0.4) is 0 Å². The molecule has 3 unspecified atom stereocenters. The molecule has 19 heavy (non-hydrogen) atoms. The van der Waals surface area contributed by atoms with Crippen molar-refractivity contribution in [3.8, 4) is 0 Å². The number of rotatable bonds is 9. The van der Waals surface area contributed by atoms with Gasteiger partial charge in [0.1, 0.15) is 0 Å². The van der Waals surface area contributed by atoms with Crippen molar-refractivity contribution in [3.63, 3.8) is 0 Å². The van der Waals surface area contributed by atoms with Crippen molar-refractivity contribution < 1.29 is 4.74 Å². The SMILES string of the molecule is CCCCC(NCCC)C1(OCC)CCCC(C)C1. The number of nitrogens with one attached hydrogen (secondary N) is 1. The monoisotopic (exact) mass is 269 g/mol. The van der Waals surface area contributed by atoms with E-state index in [1.165, 1.54) is 51.4 Å². The molecule has 1 saturated carbocycles. The quantitative estimate of drug-likeness (QED) is 0.664. The van der Waals surface area contributed by atoms with E-state index < -0.39 is 0 Å². The topological polar surface area (TPSA) is 21.3 Å². The Bertz CT molecular complexity index is 219. The van der Waals surface area contributed by atoms with Crippen molar-refractivity contribution in [2.75, 3.05) is 13.2 Å². The van der Waals surface area contributed by atoms with Gasteiger partial charge in [-0.1, -0.05) is 46.5 Å². The minimum Gasteiger partial charge on any atom is -0.374 e. The molecule has 1 N–H and O–H groups in total. The van der Waals surface area contributed by atoms with Gasteiger partial charge in [0.15, 0.2) is 0 Å². The third-order valence-electron chi connectivity index (χ3n) is 4.54. The molecule has 2 heteroatoms. The summed E-state index contributed by atoms with van der Waals surface area (Å²) in [6.45, 7) is 11.1. The van der Waals surface area contributed by atoms with Crippen LogP contribution < -0.4 is 5.32 Å². The van der Waals surface area contributed by atoms with E-state index in [1.807, 2.05) is 0 Å². The third-order valence-corrected chi connectivity index (χ3v) is 4.54. The van der Waals surface area contributed by atoms with Gasteiger partial charge in [-0.05, 0) is 45.1 Å². The largest absolute Gasteiger partial charge is 0.374 e. The van der Waals surface area contributed by atoms with Gasteiger partial charge in [-0.25, -0.2) is 0 Å². The molecule has 2 nitrogen and oxygen atoms in total. The van der Waals surface area contributed by atoms with Gasteiger partial charge in [-0.15, -0.1) is 0 Å². The van der Waals surface area contributed by atoms with Crippen LogP contribution >= 0.6 is 0 Å². The van der Waals surface area contributed by atoms with Gasteiger partial charge in [-0.3, -0.25) is 0 Å². The highest BCUT2D eigenvalue weighted by Crippen LogP contribution is 2.39. The Morgan fingerprint density at radius 3 is 2.63 bits per heavy atom. The fraction of sp³-hybridized carbons (Fsp3) is 1.00. The standard InChI is InChI=1S/C17H35NO/c1-5-8-11-16(18-13-6-2)17(19-7-3)12-9-10-15(4)14-17/h15-16,18H,5-14H2,1-4H3. The second-order valence-electron chi connectivity index (χ2n) is 6.35. The van der Waals surface area contributed by atoms with Gasteiger partial charge in [0, 0.05) is 12.6 Å². The van der Waals surface area contributed by atoms with Gasteiger partial charge in [0.25, 0.3) is 0 Å². The molecule has 0 bridgehead atoms. The predicted octanol–water partition coefficient (Wildman–Crippen LogP) is 4.53. The highest BCUT2D eigenvalue weighted by atomic mass is 16.5. The van der Waals surface area contributed by atoms with Crippen LogP contribution in [0.25, 0.3) is 0 Å². The van der Waals surface area contributed by atoms with Crippen LogP contribution in [0.5, 0.6) is 0 Å². The molecule has 0 aromatic carbocycles. The molecule has 0 amide bonds. The summed E-state index contributed by atoms with van der Waals surface area (Å²) in [7, 11) is 0. The maximum Gasteiger partial charge on any atom is 0.0837 e. The van der Waals surface area contributed by atoms with Crippen molar-refractivity contribution in [1.82, 2.24) is 5.32 Å². The highest BCUT2D eigenvalue weighted by Gasteiger charge is 2.41. The van der Waals surface area contributed by atoms with E-state index in [4.69, 9.17) is 4.74 Å². The summed E-state index contributed by atoms with van der Waals surface area (Å²) in [5.74, 6) is 0.813. The molecule has 0 aromatic rings. The molecule has 3 atom stereocenters. The number of ether oxygens (including phenoxy) is 1. The molecule has 0 radical (unpaired) electrons. The smallest absolute Gasteiger partial charge is 0.0837 e. The summed E-state index contributed by atoms with van der Waals surface area (Å²) < 4.78 is 6.33. The second kappa shape index (κ2) is 8.97. The van der Waals surface area contributed by atoms with Crippen molar-refractivity contribution in [1.29, 1.82) is 0 Å². The average Bonchev–Trinajstić information content (AvgIpc) is 2.39. The van der Waals surface area contributed by atoms with Crippen molar-refractivity contribution in [2.45, 2.75) is 90.7 Å². The molecule has 0 heterocycles. The highest BCUT2D eigenvalue weighted by molar-refractivity contribution is 4.97. The average molecular weight is 269 g/mol. The van der Waals surface area contributed by atoms with Crippen molar-refractivity contribution in [2.24, 2.45) is 5.92 Å². The van der Waals surface area contributed by atoms with E-state index in [0.29, 0.717) is 6.04 Å². The number of hydrogen-bond acceptors (Lipinski definition) is 2. The maximum absolute atomic E-state index is 6.33. The summed E-state index contributed by atoms with van der Waals surface area (Å²) >= 11 is 0. The predicted molar refractivity (Wildman–Crippen MR) is 83.6 cm³/mol. The van der Waals surface area contributed by atoms with Crippen LogP contribution in [0.15, 0.2) is 0 Å². The number of hydrogen-bond donors (Lipinski definition) is 1. The minimum atomic E-state index is 0.108. The molecular weight excluding hydrogens is 234 g/mol. The normalized spacial score (nSPS) is 29.4. The molecule has 1 aliphatic rings. The Morgan fingerprint density at radius 1 is 1.26 bits per heavy atom. The molecule has 1 fully saturated rings. The van der Waals surface area contributed by atoms with Gasteiger partial charge in [0.05, 0.1) is 5.60 Å². The minimum absolute atomic E-state index is 0.108. The summed E-state index contributed by atoms with van der Waals surface area (Å²) in [4.78, 5) is 0. The lowest BCUT2D eigenvalue weighted by atomic mass is 9.73. The fourth-order valence-electron chi connectivity index (χ4n) is 3.66. The van der Waals surface area contributed by atoms with Gasteiger partial charge < -0.3 is 10.1 Å². The zero-order valence-electron chi connectivity index (χ0n) is 13.6. The summed E-state index contributed by atoms with van der Waals surface area (Å²) in [6, 6.07) is 0.551. The van der Waals surface area contributed by atoms with Crippen LogP contribution in [-0.2, 0) is 4.74 Å². The van der Waals surface area contributed by atoms with E-state index in [1.54, 1.807) is 0 Å². The first-order valence-electron chi connectivity index (χ1n) is 8.55. The Morgan fingerprint density at radius 2 is 2.05 bits per heavy atom. The Kier molecular flexibility index (Phi) is 8.01. The van der Waals surface area contributed by atoms with Crippen LogP contribution in [0.2, 0.25) is 0 Å². The molecule has 0 aliphatic heterocycles. The van der Waals surface area contributed by atoms with E-state index in [0.717, 1.165) is 19.1 Å². The molecule has 0 aromatic heterocycles. The van der Waals surface area contributed by atoms with Gasteiger partial charge in [0.2, 0.25) is 0 Å². The lowest BCUT2D eigenvalue weighted by molar-refractivity contribution is -0.102. The molecular formula is C17H35NO. The lowest BCUT2D eigenvalue weighted by Crippen LogP contribution is -2.55. The summed E-state index contributed by atoms with van der Waals surface area (Å²) in [5.41, 5.74) is 0.108. The van der Waals surface area contributed by atoms with Crippen LogP contribution in [0.4, 0.5) is 0 Å². The van der Waals surface area contributed by atoms with Gasteiger partial charge in [-0.2, -0.15) is 0 Å². The van der Waals surface area contributed by atoms with Crippen molar-refractivity contribution >= 4 is 0 Å². The molecule has 0 saturated heterocycles. The Labute approximate surface area is 120 Å². The third kappa shape index (κ3) is 5.07. The number of unbranched alkanes of at least 4 members (excludes halogenated alkanes) is 1. The van der Waals surface area contributed by atoms with Crippen molar-refractivity contribution in [3.05, 3.63) is 0 Å². The maximum atomic E-state index is 6.33. The Balaban J connectivity index is 2.75. The van der Waals surface area contributed by atoms with E-state index in [9.17, 15) is 0 Å². The Hall–Kier alpha value is -0.0800. The van der Waals surface area contributed by atoms with Gasteiger partial charge >= 0.3 is 0 Å². The zero-order chi connectivity index (χ0) is 14.1. The first kappa shape index (κ1) is 17.0. The second-order valence-corrected chi connectivity index (χ2v) is 6.35. The first-order chi connectivity index (χ1) is 9.18. The summed E-state index contributed by atoms with van der Waals surface area (Å²) in [6.07, 6.45) is 10.3.